The van der Waals surface area contributed by atoms with Crippen LogP contribution in [0.4, 0.5) is 5.69 Å². The molecule has 0 aromatic heterocycles. The molecule has 7 heteroatoms. The van der Waals surface area contributed by atoms with E-state index in [0.29, 0.717) is 17.7 Å². The van der Waals surface area contributed by atoms with Crippen molar-refractivity contribution >= 4 is 21.6 Å². The van der Waals surface area contributed by atoms with E-state index in [9.17, 15) is 13.2 Å². The molecule has 3 aromatic rings. The summed E-state index contributed by atoms with van der Waals surface area (Å²) < 4.78 is 32.6. The molecule has 3 rings (SSSR count). The lowest BCUT2D eigenvalue weighted by molar-refractivity contribution is 0.0935. The van der Waals surface area contributed by atoms with Crippen LogP contribution in [0, 0.1) is 13.8 Å². The average molecular weight is 467 g/mol. The van der Waals surface area contributed by atoms with E-state index in [2.05, 4.69) is 5.32 Å². The normalized spacial score (nSPS) is 12.2. The van der Waals surface area contributed by atoms with E-state index in [-0.39, 0.29) is 16.8 Å². The lowest BCUT2D eigenvalue weighted by Gasteiger charge is -2.21. The Hall–Kier alpha value is -3.32. The van der Waals surface area contributed by atoms with Crippen LogP contribution < -0.4 is 14.4 Å². The first-order valence-corrected chi connectivity index (χ1v) is 12.2. The van der Waals surface area contributed by atoms with Gasteiger partial charge >= 0.3 is 0 Å². The molecule has 6 nitrogen and oxygen atoms in total. The zero-order valence-corrected chi connectivity index (χ0v) is 20.4. The molecular formula is C26H30N2O4S. The van der Waals surface area contributed by atoms with Crippen molar-refractivity contribution in [2.24, 2.45) is 0 Å². The Morgan fingerprint density at radius 2 is 1.73 bits per heavy atom. The van der Waals surface area contributed by atoms with Gasteiger partial charge in [-0.25, -0.2) is 8.42 Å². The minimum Gasteiger partial charge on any atom is -0.496 e. The second kappa shape index (κ2) is 10.1. The van der Waals surface area contributed by atoms with E-state index in [1.165, 1.54) is 11.4 Å². The molecule has 1 N–H and O–H groups in total. The molecule has 0 bridgehead atoms. The Morgan fingerprint density at radius 1 is 1.03 bits per heavy atom. The lowest BCUT2D eigenvalue weighted by atomic mass is 10.0. The van der Waals surface area contributed by atoms with Crippen LogP contribution in [-0.4, -0.2) is 28.5 Å². The molecule has 0 aliphatic rings. The van der Waals surface area contributed by atoms with Crippen molar-refractivity contribution in [2.75, 3.05) is 18.5 Å². The Morgan fingerprint density at radius 3 is 2.33 bits per heavy atom. The Balaban J connectivity index is 1.82. The van der Waals surface area contributed by atoms with Crippen molar-refractivity contribution in [1.29, 1.82) is 0 Å². The molecule has 0 heterocycles. The number of methoxy groups -OCH3 is 1. The van der Waals surface area contributed by atoms with Gasteiger partial charge in [-0.2, -0.15) is 0 Å². The monoisotopic (exact) mass is 466 g/mol. The van der Waals surface area contributed by atoms with Gasteiger partial charge in [0.15, 0.2) is 0 Å². The zero-order valence-electron chi connectivity index (χ0n) is 19.6. The summed E-state index contributed by atoms with van der Waals surface area (Å²) in [4.78, 5) is 13.2. The van der Waals surface area contributed by atoms with Crippen LogP contribution in [-0.2, 0) is 10.0 Å². The average Bonchev–Trinajstić information content (AvgIpc) is 2.82. The first-order valence-electron chi connectivity index (χ1n) is 10.8. The number of amides is 1. The van der Waals surface area contributed by atoms with Gasteiger partial charge in [0.1, 0.15) is 5.75 Å². The van der Waals surface area contributed by atoms with Gasteiger partial charge in [0, 0.05) is 12.6 Å². The molecule has 0 radical (unpaired) electrons. The van der Waals surface area contributed by atoms with Crippen LogP contribution in [0.1, 0.15) is 46.4 Å². The number of sulfonamides is 1. The summed E-state index contributed by atoms with van der Waals surface area (Å²) in [6.07, 6.45) is 0.707. The fraction of sp³-hybridized carbons (Fsp3) is 0.269. The zero-order chi connectivity index (χ0) is 24.2. The minimum absolute atomic E-state index is 0.181. The number of hydrogen-bond donors (Lipinski definition) is 1. The molecule has 174 valence electrons. The summed E-state index contributed by atoms with van der Waals surface area (Å²) >= 11 is 0. The third kappa shape index (κ3) is 5.37. The van der Waals surface area contributed by atoms with Crippen LogP contribution in [0.5, 0.6) is 5.75 Å². The van der Waals surface area contributed by atoms with Crippen molar-refractivity contribution < 1.29 is 17.9 Å². The Bertz CT molecular complexity index is 1240. The second-order valence-electron chi connectivity index (χ2n) is 8.00. The van der Waals surface area contributed by atoms with Gasteiger partial charge in [-0.05, 0) is 67.8 Å². The molecule has 0 aliphatic carbocycles. The van der Waals surface area contributed by atoms with Gasteiger partial charge < -0.3 is 10.1 Å². The summed E-state index contributed by atoms with van der Waals surface area (Å²) in [5.74, 6) is 0.531. The highest BCUT2D eigenvalue weighted by molar-refractivity contribution is 7.92. The molecule has 0 unspecified atom stereocenters. The summed E-state index contributed by atoms with van der Waals surface area (Å²) in [7, 11) is -0.627. The molecule has 0 fully saturated rings. The predicted octanol–water partition coefficient (Wildman–Crippen LogP) is 5.02. The maximum atomic E-state index is 13.0. The van der Waals surface area contributed by atoms with Gasteiger partial charge in [-0.3, -0.25) is 9.10 Å². The van der Waals surface area contributed by atoms with Crippen LogP contribution in [0.2, 0.25) is 0 Å². The van der Waals surface area contributed by atoms with Gasteiger partial charge in [0.2, 0.25) is 0 Å². The van der Waals surface area contributed by atoms with E-state index in [0.717, 1.165) is 22.4 Å². The molecule has 0 saturated carbocycles. The van der Waals surface area contributed by atoms with E-state index in [4.69, 9.17) is 4.74 Å². The number of hydrogen-bond acceptors (Lipinski definition) is 4. The number of carbonyl (C=O) groups is 1. The maximum absolute atomic E-state index is 13.0. The summed E-state index contributed by atoms with van der Waals surface area (Å²) in [5, 5.41) is 3.06. The van der Waals surface area contributed by atoms with Gasteiger partial charge in [-0.15, -0.1) is 0 Å². The smallest absolute Gasteiger partial charge is 0.264 e. The number of rotatable bonds is 8. The van der Waals surface area contributed by atoms with Crippen LogP contribution in [0.25, 0.3) is 0 Å². The summed E-state index contributed by atoms with van der Waals surface area (Å²) in [5.41, 5.74) is 3.76. The van der Waals surface area contributed by atoms with Crippen molar-refractivity contribution in [3.8, 4) is 5.75 Å². The molecule has 3 aromatic carbocycles. The van der Waals surface area contributed by atoms with Crippen molar-refractivity contribution in [3.05, 3.63) is 89.0 Å². The Kier molecular flexibility index (Phi) is 7.43. The SMILES string of the molecule is CC[C@@H](NC(=O)c1cccc(N(C)S(=O)(=O)c2ccc(C)cc2)c1)c1ccc(OC)c(C)c1. The summed E-state index contributed by atoms with van der Waals surface area (Å²) in [6.45, 7) is 5.87. The molecule has 33 heavy (non-hydrogen) atoms. The van der Waals surface area contributed by atoms with Crippen molar-refractivity contribution in [1.82, 2.24) is 5.32 Å². The highest BCUT2D eigenvalue weighted by Crippen LogP contribution is 2.26. The number of nitrogens with zero attached hydrogens (tertiary/aromatic N) is 1. The van der Waals surface area contributed by atoms with E-state index >= 15 is 0 Å². The van der Waals surface area contributed by atoms with Crippen LogP contribution in [0.3, 0.4) is 0 Å². The lowest BCUT2D eigenvalue weighted by Crippen LogP contribution is -2.29. The highest BCUT2D eigenvalue weighted by Gasteiger charge is 2.22. The molecular weight excluding hydrogens is 436 g/mol. The second-order valence-corrected chi connectivity index (χ2v) is 9.97. The van der Waals surface area contributed by atoms with Gasteiger partial charge in [0.05, 0.1) is 23.7 Å². The van der Waals surface area contributed by atoms with Gasteiger partial charge in [0.25, 0.3) is 15.9 Å². The largest absolute Gasteiger partial charge is 0.496 e. The Labute approximate surface area is 196 Å². The van der Waals surface area contributed by atoms with E-state index in [1.807, 2.05) is 39.0 Å². The van der Waals surface area contributed by atoms with Crippen molar-refractivity contribution in [2.45, 2.75) is 38.1 Å². The first kappa shape index (κ1) is 24.3. The highest BCUT2D eigenvalue weighted by atomic mass is 32.2. The van der Waals surface area contributed by atoms with E-state index < -0.39 is 10.0 Å². The minimum atomic E-state index is -3.74. The number of benzene rings is 3. The van der Waals surface area contributed by atoms with Crippen LogP contribution >= 0.6 is 0 Å². The van der Waals surface area contributed by atoms with E-state index in [1.54, 1.807) is 55.6 Å². The number of carbonyl (C=O) groups excluding carboxylic acids is 1. The van der Waals surface area contributed by atoms with Gasteiger partial charge in [-0.1, -0.05) is 42.8 Å². The predicted molar refractivity (Wildman–Crippen MR) is 131 cm³/mol. The standard InChI is InChI=1S/C26H30N2O4S/c1-6-24(20-12-15-25(32-5)19(3)16-20)27-26(29)21-8-7-9-22(17-21)28(4)33(30,31)23-13-10-18(2)11-14-23/h7-17,24H,6H2,1-5H3,(H,27,29)/t24-/m1/s1. The third-order valence-electron chi connectivity index (χ3n) is 5.69. The number of ether oxygens (including phenoxy) is 1. The van der Waals surface area contributed by atoms with Crippen LogP contribution in [0.15, 0.2) is 71.6 Å². The molecule has 0 saturated heterocycles. The van der Waals surface area contributed by atoms with Crippen molar-refractivity contribution in [3.63, 3.8) is 0 Å². The fourth-order valence-electron chi connectivity index (χ4n) is 3.63. The molecule has 1 atom stereocenters. The molecule has 0 aliphatic heterocycles. The summed E-state index contributed by atoms with van der Waals surface area (Å²) in [6, 6.07) is 19.0. The fourth-order valence-corrected chi connectivity index (χ4v) is 4.82. The molecule has 1 amide bonds. The number of nitrogens with one attached hydrogen (secondary N) is 1. The topological polar surface area (TPSA) is 75.7 Å². The third-order valence-corrected chi connectivity index (χ3v) is 7.49. The first-order chi connectivity index (χ1) is 15.7. The quantitative estimate of drug-likeness (QED) is 0.506. The maximum Gasteiger partial charge on any atom is 0.264 e. The number of anilines is 1. The number of aryl methyl sites for hydroxylation is 2. The molecule has 0 spiro atoms.